The Hall–Kier alpha value is -1.55. The summed E-state index contributed by atoms with van der Waals surface area (Å²) >= 11 is 2.80. The van der Waals surface area contributed by atoms with Crippen molar-refractivity contribution in [2.24, 2.45) is 0 Å². The molecular weight excluding hydrogens is 325 g/mol. The molecule has 0 aliphatic rings. The highest BCUT2D eigenvalue weighted by Gasteiger charge is 2.33. The zero-order chi connectivity index (χ0) is 14.6. The van der Waals surface area contributed by atoms with Gasteiger partial charge in [0.25, 0.3) is 5.91 Å². The van der Waals surface area contributed by atoms with Crippen molar-refractivity contribution in [3.63, 3.8) is 0 Å². The van der Waals surface area contributed by atoms with E-state index in [1.54, 1.807) is 13.0 Å². The maximum absolute atomic E-state index is 12.7. The van der Waals surface area contributed by atoms with Crippen molar-refractivity contribution in [2.45, 2.75) is 13.1 Å². The van der Waals surface area contributed by atoms with Crippen LogP contribution in [0.4, 0.5) is 13.2 Å². The van der Waals surface area contributed by atoms with Crippen LogP contribution in [0.15, 0.2) is 22.7 Å². The van der Waals surface area contributed by atoms with Gasteiger partial charge in [-0.15, -0.1) is 0 Å². The molecule has 7 heteroatoms. The van der Waals surface area contributed by atoms with Gasteiger partial charge in [-0.2, -0.15) is 18.4 Å². The van der Waals surface area contributed by atoms with Crippen LogP contribution in [0.25, 0.3) is 0 Å². The minimum atomic E-state index is -4.54. The third-order valence-electron chi connectivity index (χ3n) is 2.45. The first kappa shape index (κ1) is 15.5. The maximum Gasteiger partial charge on any atom is 0.417 e. The van der Waals surface area contributed by atoms with Gasteiger partial charge in [-0.25, -0.2) is 0 Å². The molecular formula is C12H10BrF3N2O. The summed E-state index contributed by atoms with van der Waals surface area (Å²) in [6.45, 7) is 1.75. The summed E-state index contributed by atoms with van der Waals surface area (Å²) in [6.07, 6.45) is -4.54. The second-order valence-electron chi connectivity index (χ2n) is 3.67. The van der Waals surface area contributed by atoms with Gasteiger partial charge in [-0.05, 0) is 25.1 Å². The van der Waals surface area contributed by atoms with E-state index in [-0.39, 0.29) is 23.1 Å². The molecule has 1 aromatic carbocycles. The molecule has 0 aliphatic carbocycles. The second-order valence-corrected chi connectivity index (χ2v) is 4.52. The van der Waals surface area contributed by atoms with Crippen molar-refractivity contribution in [1.82, 2.24) is 4.90 Å². The lowest BCUT2D eigenvalue weighted by molar-refractivity contribution is -0.138. The van der Waals surface area contributed by atoms with Crippen molar-refractivity contribution >= 4 is 21.8 Å². The third-order valence-corrected chi connectivity index (χ3v) is 3.14. The van der Waals surface area contributed by atoms with Crippen LogP contribution in [0, 0.1) is 11.3 Å². The number of rotatable bonds is 3. The molecule has 0 bridgehead atoms. The van der Waals surface area contributed by atoms with Crippen molar-refractivity contribution in [2.75, 3.05) is 13.1 Å². The van der Waals surface area contributed by atoms with Gasteiger partial charge in [0.2, 0.25) is 0 Å². The number of amides is 1. The Morgan fingerprint density at radius 2 is 2.11 bits per heavy atom. The lowest BCUT2D eigenvalue weighted by Crippen LogP contribution is -2.31. The predicted molar refractivity (Wildman–Crippen MR) is 66.3 cm³/mol. The monoisotopic (exact) mass is 334 g/mol. The topological polar surface area (TPSA) is 44.1 Å². The van der Waals surface area contributed by atoms with Crippen LogP contribution in [0.3, 0.4) is 0 Å². The van der Waals surface area contributed by atoms with E-state index < -0.39 is 17.6 Å². The Labute approximate surface area is 116 Å². The Morgan fingerprint density at radius 1 is 1.47 bits per heavy atom. The molecule has 0 atom stereocenters. The first-order chi connectivity index (χ1) is 8.81. The molecule has 0 unspecified atom stereocenters. The quantitative estimate of drug-likeness (QED) is 0.794. The van der Waals surface area contributed by atoms with E-state index in [1.807, 2.05) is 0 Å². The SMILES string of the molecule is CCN(CC#N)C(=O)c1ccc(Br)c(C(F)(F)F)c1. The van der Waals surface area contributed by atoms with E-state index in [4.69, 9.17) is 5.26 Å². The molecule has 0 aliphatic heterocycles. The highest BCUT2D eigenvalue weighted by atomic mass is 79.9. The summed E-state index contributed by atoms with van der Waals surface area (Å²) in [4.78, 5) is 13.1. The minimum absolute atomic E-state index is 0.0902. The zero-order valence-corrected chi connectivity index (χ0v) is 11.5. The molecule has 0 fully saturated rings. The van der Waals surface area contributed by atoms with Crippen molar-refractivity contribution in [1.29, 1.82) is 5.26 Å². The summed E-state index contributed by atoms with van der Waals surface area (Å²) in [5, 5.41) is 8.56. The number of nitrogens with zero attached hydrogens (tertiary/aromatic N) is 2. The fourth-order valence-corrected chi connectivity index (χ4v) is 1.94. The lowest BCUT2D eigenvalue weighted by Gasteiger charge is -2.18. The summed E-state index contributed by atoms with van der Waals surface area (Å²) in [5.74, 6) is -0.595. The molecule has 3 nitrogen and oxygen atoms in total. The molecule has 0 saturated heterocycles. The maximum atomic E-state index is 12.7. The highest BCUT2D eigenvalue weighted by Crippen LogP contribution is 2.35. The molecule has 0 saturated carbocycles. The van der Waals surface area contributed by atoms with Gasteiger partial charge in [0.1, 0.15) is 6.54 Å². The standard InChI is InChI=1S/C12H10BrF3N2O/c1-2-18(6-5-17)11(19)8-3-4-10(13)9(7-8)12(14,15)16/h3-4,7H,2,6H2,1H3. The Balaban J connectivity index is 3.16. The van der Waals surface area contributed by atoms with Crippen LogP contribution < -0.4 is 0 Å². The molecule has 0 heterocycles. The Morgan fingerprint density at radius 3 is 2.58 bits per heavy atom. The van der Waals surface area contributed by atoms with E-state index >= 15 is 0 Å². The van der Waals surface area contributed by atoms with Crippen LogP contribution in [-0.4, -0.2) is 23.9 Å². The molecule has 19 heavy (non-hydrogen) atoms. The van der Waals surface area contributed by atoms with E-state index in [2.05, 4.69) is 15.9 Å². The molecule has 1 aromatic rings. The fourth-order valence-electron chi connectivity index (χ4n) is 1.47. The van der Waals surface area contributed by atoms with Crippen LogP contribution in [0.1, 0.15) is 22.8 Å². The third kappa shape index (κ3) is 3.70. The number of hydrogen-bond acceptors (Lipinski definition) is 2. The number of carbonyl (C=O) groups excluding carboxylic acids is 1. The van der Waals surface area contributed by atoms with E-state index in [0.29, 0.717) is 0 Å². The summed E-state index contributed by atoms with van der Waals surface area (Å²) < 4.78 is 38.0. The molecule has 1 rings (SSSR count). The average molecular weight is 335 g/mol. The van der Waals surface area contributed by atoms with Gasteiger partial charge >= 0.3 is 6.18 Å². The predicted octanol–water partition coefficient (Wildman–Crippen LogP) is 3.45. The molecule has 0 radical (unpaired) electrons. The summed E-state index contributed by atoms with van der Waals surface area (Å²) in [5.41, 5.74) is -1.00. The van der Waals surface area contributed by atoms with Gasteiger partial charge in [-0.1, -0.05) is 15.9 Å². The van der Waals surface area contributed by atoms with Gasteiger partial charge in [0, 0.05) is 16.6 Å². The summed E-state index contributed by atoms with van der Waals surface area (Å²) in [6, 6.07) is 5.05. The van der Waals surface area contributed by atoms with Gasteiger partial charge < -0.3 is 4.90 Å². The fraction of sp³-hybridized carbons (Fsp3) is 0.333. The normalized spacial score (nSPS) is 10.9. The highest BCUT2D eigenvalue weighted by molar-refractivity contribution is 9.10. The Kier molecular flexibility index (Phi) is 4.95. The number of alkyl halides is 3. The average Bonchev–Trinajstić information content (AvgIpc) is 2.34. The molecule has 102 valence electrons. The first-order valence-corrected chi connectivity index (χ1v) is 6.13. The van der Waals surface area contributed by atoms with Crippen LogP contribution in [0.2, 0.25) is 0 Å². The zero-order valence-electron chi connectivity index (χ0n) is 9.96. The number of nitriles is 1. The number of hydrogen-bond donors (Lipinski definition) is 0. The number of carbonyl (C=O) groups is 1. The van der Waals surface area contributed by atoms with Gasteiger partial charge in [0.05, 0.1) is 11.6 Å². The molecule has 0 N–H and O–H groups in total. The van der Waals surface area contributed by atoms with E-state index in [0.717, 1.165) is 6.07 Å². The largest absolute Gasteiger partial charge is 0.417 e. The molecule has 0 aromatic heterocycles. The van der Waals surface area contributed by atoms with Crippen molar-refractivity contribution in [3.05, 3.63) is 33.8 Å². The van der Waals surface area contributed by atoms with E-state index in [1.165, 1.54) is 17.0 Å². The summed E-state index contributed by atoms with van der Waals surface area (Å²) in [7, 11) is 0. The molecule has 0 spiro atoms. The van der Waals surface area contributed by atoms with Crippen LogP contribution in [-0.2, 0) is 6.18 Å². The van der Waals surface area contributed by atoms with Crippen LogP contribution >= 0.6 is 15.9 Å². The number of benzene rings is 1. The number of halogens is 4. The van der Waals surface area contributed by atoms with Crippen molar-refractivity contribution < 1.29 is 18.0 Å². The second kappa shape index (κ2) is 6.06. The Bertz CT molecular complexity index is 523. The van der Waals surface area contributed by atoms with Crippen molar-refractivity contribution in [3.8, 4) is 6.07 Å². The van der Waals surface area contributed by atoms with Gasteiger partial charge in [0.15, 0.2) is 0 Å². The smallest absolute Gasteiger partial charge is 0.326 e. The molecule has 1 amide bonds. The lowest BCUT2D eigenvalue weighted by atomic mass is 10.1. The van der Waals surface area contributed by atoms with Crippen LogP contribution in [0.5, 0.6) is 0 Å². The minimum Gasteiger partial charge on any atom is -0.326 e. The van der Waals surface area contributed by atoms with Gasteiger partial charge in [-0.3, -0.25) is 4.79 Å². The first-order valence-electron chi connectivity index (χ1n) is 5.34. The van der Waals surface area contributed by atoms with E-state index in [9.17, 15) is 18.0 Å².